The molecule has 0 bridgehead atoms. The molecule has 0 saturated carbocycles. The molecule has 31 heavy (non-hydrogen) atoms. The minimum absolute atomic E-state index is 0.0194. The van der Waals surface area contributed by atoms with Crippen LogP contribution in [0.2, 0.25) is 0 Å². The highest BCUT2D eigenvalue weighted by Crippen LogP contribution is 2.47. The third-order valence-corrected chi connectivity index (χ3v) is 6.91. The summed E-state index contributed by atoms with van der Waals surface area (Å²) in [6, 6.07) is 10.9. The Kier molecular flexibility index (Phi) is 6.10. The number of ether oxygens (including phenoxy) is 1. The van der Waals surface area contributed by atoms with Crippen molar-refractivity contribution in [2.24, 2.45) is 16.8 Å². The number of nitrogens with zero attached hydrogens (tertiary/aromatic N) is 1. The third-order valence-electron chi connectivity index (χ3n) is 5.88. The van der Waals surface area contributed by atoms with E-state index in [0.29, 0.717) is 30.7 Å². The average Bonchev–Trinajstić information content (AvgIpc) is 3.25. The highest BCUT2D eigenvalue weighted by molar-refractivity contribution is 7.10. The number of Topliss-reactive ketones (excluding diaryl/α,β-unsaturated/α-hetero) is 1. The zero-order valence-corrected chi connectivity index (χ0v) is 18.8. The van der Waals surface area contributed by atoms with Crippen LogP contribution in [0.15, 0.2) is 58.0 Å². The second-order valence-corrected chi connectivity index (χ2v) is 9.71. The van der Waals surface area contributed by atoms with Crippen molar-refractivity contribution in [1.82, 2.24) is 0 Å². The number of phenols is 1. The van der Waals surface area contributed by atoms with Gasteiger partial charge < -0.3 is 9.84 Å². The molecule has 2 aliphatic rings. The second kappa shape index (κ2) is 8.79. The number of aromatic hydroxyl groups is 1. The number of allylic oxidation sites excluding steroid dienone is 2. The molecule has 1 N–H and O–H groups in total. The summed E-state index contributed by atoms with van der Waals surface area (Å²) < 4.78 is 5.58. The Morgan fingerprint density at radius 1 is 1.26 bits per heavy atom. The van der Waals surface area contributed by atoms with Crippen molar-refractivity contribution >= 4 is 28.8 Å². The monoisotopic (exact) mass is 437 g/mol. The molecule has 3 unspecified atom stereocenters. The fraction of sp³-hybridized carbons (Fsp3) is 0.400. The largest absolute Gasteiger partial charge is 0.508 e. The third kappa shape index (κ3) is 4.35. The number of hydrogen-bond donors (Lipinski definition) is 1. The average molecular weight is 438 g/mol. The zero-order chi connectivity index (χ0) is 22.1. The number of hydrogen-bond acceptors (Lipinski definition) is 6. The summed E-state index contributed by atoms with van der Waals surface area (Å²) in [6.07, 6.45) is 1.07. The Bertz CT molecular complexity index is 1050. The number of rotatable bonds is 5. The maximum atomic E-state index is 13.4. The van der Waals surface area contributed by atoms with Crippen molar-refractivity contribution in [3.05, 3.63) is 63.5 Å². The number of carbonyl (C=O) groups is 2. The quantitative estimate of drug-likeness (QED) is 0.650. The van der Waals surface area contributed by atoms with E-state index in [4.69, 9.17) is 9.73 Å². The molecule has 1 aromatic heterocycles. The molecular formula is C25H27NO4S. The summed E-state index contributed by atoms with van der Waals surface area (Å²) in [5.74, 6) is -1.11. The van der Waals surface area contributed by atoms with Crippen LogP contribution in [0.4, 0.5) is 0 Å². The number of phenolic OH excluding ortho intramolecular Hbond substituents is 1. The highest BCUT2D eigenvalue weighted by Gasteiger charge is 2.45. The second-order valence-electron chi connectivity index (χ2n) is 8.73. The van der Waals surface area contributed by atoms with E-state index in [9.17, 15) is 14.7 Å². The van der Waals surface area contributed by atoms with Crippen LogP contribution in [-0.2, 0) is 14.3 Å². The maximum absolute atomic E-state index is 13.4. The van der Waals surface area contributed by atoms with Gasteiger partial charge in [-0.25, -0.2) is 0 Å². The zero-order valence-electron chi connectivity index (χ0n) is 18.0. The summed E-state index contributed by atoms with van der Waals surface area (Å²) in [5, 5.41) is 12.1. The van der Waals surface area contributed by atoms with Gasteiger partial charge in [0.25, 0.3) is 0 Å². The molecule has 1 aliphatic carbocycles. The standard InChI is InChI=1S/C25H27NO4S/c1-14(2)13-30-25(29)22-15(3)26-19-11-17(21-8-5-9-31-21)12-20(28)24(19)23(22)16-6-4-7-18(27)10-16/h4-10,14,17,22-23,27H,11-13H2,1-3H3. The molecule has 1 aromatic carbocycles. The Labute approximate surface area is 186 Å². The summed E-state index contributed by atoms with van der Waals surface area (Å²) in [7, 11) is 0. The Hall–Kier alpha value is -2.73. The summed E-state index contributed by atoms with van der Waals surface area (Å²) >= 11 is 1.66. The fourth-order valence-electron chi connectivity index (χ4n) is 4.51. The lowest BCUT2D eigenvalue weighted by atomic mass is 9.70. The minimum Gasteiger partial charge on any atom is -0.508 e. The lowest BCUT2D eigenvalue weighted by Crippen LogP contribution is -2.38. The molecule has 1 aliphatic heterocycles. The Morgan fingerprint density at radius 2 is 2.06 bits per heavy atom. The van der Waals surface area contributed by atoms with Gasteiger partial charge in [-0.2, -0.15) is 0 Å². The van der Waals surface area contributed by atoms with Gasteiger partial charge in [0.05, 0.1) is 6.61 Å². The predicted octanol–water partition coefficient (Wildman–Crippen LogP) is 5.23. The number of thiophene rings is 1. The molecule has 4 rings (SSSR count). The van der Waals surface area contributed by atoms with Gasteiger partial charge in [-0.1, -0.05) is 32.0 Å². The van der Waals surface area contributed by atoms with E-state index < -0.39 is 11.8 Å². The molecule has 3 atom stereocenters. The lowest BCUT2D eigenvalue weighted by molar-refractivity contribution is -0.147. The Balaban J connectivity index is 1.77. The first kappa shape index (κ1) is 21.5. The van der Waals surface area contributed by atoms with Crippen molar-refractivity contribution in [3.63, 3.8) is 0 Å². The van der Waals surface area contributed by atoms with Crippen LogP contribution in [0.25, 0.3) is 0 Å². The first-order chi connectivity index (χ1) is 14.8. The van der Waals surface area contributed by atoms with Gasteiger partial charge in [-0.3, -0.25) is 14.6 Å². The summed E-state index contributed by atoms with van der Waals surface area (Å²) in [4.78, 5) is 32.5. The number of ketones is 1. The van der Waals surface area contributed by atoms with Crippen molar-refractivity contribution < 1.29 is 19.4 Å². The highest BCUT2D eigenvalue weighted by atomic mass is 32.1. The molecule has 5 nitrogen and oxygen atoms in total. The number of esters is 1. The Morgan fingerprint density at radius 3 is 2.74 bits per heavy atom. The van der Waals surface area contributed by atoms with Crippen LogP contribution in [0, 0.1) is 11.8 Å². The topological polar surface area (TPSA) is 76.0 Å². The summed E-state index contributed by atoms with van der Waals surface area (Å²) in [6.45, 7) is 6.12. The number of aliphatic imine (C=N–C) groups is 1. The van der Waals surface area contributed by atoms with Crippen molar-refractivity contribution in [2.45, 2.75) is 45.4 Å². The van der Waals surface area contributed by atoms with Crippen molar-refractivity contribution in [1.29, 1.82) is 0 Å². The van der Waals surface area contributed by atoms with Gasteiger partial charge in [0.2, 0.25) is 0 Å². The molecule has 0 radical (unpaired) electrons. The van der Waals surface area contributed by atoms with Gasteiger partial charge in [0, 0.05) is 40.1 Å². The van der Waals surface area contributed by atoms with Crippen LogP contribution in [0.3, 0.4) is 0 Å². The van der Waals surface area contributed by atoms with Gasteiger partial charge in [0.1, 0.15) is 11.7 Å². The van der Waals surface area contributed by atoms with Crippen molar-refractivity contribution in [3.8, 4) is 5.75 Å². The number of carbonyl (C=O) groups excluding carboxylic acids is 2. The number of benzene rings is 1. The van der Waals surface area contributed by atoms with Gasteiger partial charge in [-0.05, 0) is 48.4 Å². The van der Waals surface area contributed by atoms with Gasteiger partial charge >= 0.3 is 5.97 Å². The van der Waals surface area contributed by atoms with E-state index in [1.165, 1.54) is 4.88 Å². The molecule has 0 spiro atoms. The van der Waals surface area contributed by atoms with Crippen LogP contribution in [0.1, 0.15) is 55.9 Å². The van der Waals surface area contributed by atoms with E-state index in [2.05, 4.69) is 6.07 Å². The van der Waals surface area contributed by atoms with E-state index in [0.717, 1.165) is 11.3 Å². The van der Waals surface area contributed by atoms with E-state index in [1.807, 2.05) is 38.3 Å². The molecule has 0 saturated heterocycles. The van der Waals surface area contributed by atoms with E-state index in [-0.39, 0.29) is 29.3 Å². The van der Waals surface area contributed by atoms with Gasteiger partial charge in [-0.15, -0.1) is 11.3 Å². The van der Waals surface area contributed by atoms with E-state index >= 15 is 0 Å². The fourth-order valence-corrected chi connectivity index (χ4v) is 5.34. The molecule has 2 aromatic rings. The molecule has 6 heteroatoms. The maximum Gasteiger partial charge on any atom is 0.315 e. The minimum atomic E-state index is -0.679. The molecule has 0 amide bonds. The normalized spacial score (nSPS) is 23.5. The van der Waals surface area contributed by atoms with Crippen LogP contribution in [-0.4, -0.2) is 29.2 Å². The molecule has 0 fully saturated rings. The predicted molar refractivity (Wildman–Crippen MR) is 122 cm³/mol. The SMILES string of the molecule is CC1=NC2=C(C(=O)CC(c3cccs3)C2)C(c2cccc(O)c2)C1C(=O)OCC(C)C. The summed E-state index contributed by atoms with van der Waals surface area (Å²) in [5.41, 5.74) is 2.74. The van der Waals surface area contributed by atoms with Gasteiger partial charge in [0.15, 0.2) is 5.78 Å². The van der Waals surface area contributed by atoms with Crippen LogP contribution >= 0.6 is 11.3 Å². The van der Waals surface area contributed by atoms with Crippen molar-refractivity contribution in [2.75, 3.05) is 6.61 Å². The first-order valence-electron chi connectivity index (χ1n) is 10.7. The van der Waals surface area contributed by atoms with Crippen LogP contribution in [0.5, 0.6) is 5.75 Å². The molecule has 2 heterocycles. The first-order valence-corrected chi connectivity index (χ1v) is 11.5. The smallest absolute Gasteiger partial charge is 0.315 e. The molecule has 162 valence electrons. The van der Waals surface area contributed by atoms with E-state index in [1.54, 1.807) is 29.5 Å². The molecular weight excluding hydrogens is 410 g/mol. The van der Waals surface area contributed by atoms with Crippen LogP contribution < -0.4 is 0 Å². The lowest BCUT2D eigenvalue weighted by Gasteiger charge is -2.36.